The van der Waals surface area contributed by atoms with Crippen LogP contribution in [0.15, 0.2) is 42.6 Å². The van der Waals surface area contributed by atoms with Crippen LogP contribution in [0, 0.1) is 0 Å². The molecule has 1 heterocycles. The van der Waals surface area contributed by atoms with Crippen molar-refractivity contribution in [3.8, 4) is 0 Å². The predicted molar refractivity (Wildman–Crippen MR) is 124 cm³/mol. The van der Waals surface area contributed by atoms with Crippen molar-refractivity contribution in [2.75, 3.05) is 13.2 Å². The van der Waals surface area contributed by atoms with Crippen LogP contribution in [0.2, 0.25) is 0 Å². The molecule has 1 atom stereocenters. The average molecular weight is 427 g/mol. The lowest BCUT2D eigenvalue weighted by atomic mass is 9.87. The molecule has 1 N–H and O–H groups in total. The number of rotatable bonds is 11. The van der Waals surface area contributed by atoms with Crippen LogP contribution in [0.4, 0.5) is 0 Å². The lowest BCUT2D eigenvalue weighted by Gasteiger charge is -2.25. The summed E-state index contributed by atoms with van der Waals surface area (Å²) >= 11 is 0. The topological polar surface area (TPSA) is 54.7 Å². The van der Waals surface area contributed by atoms with Crippen molar-refractivity contribution in [3.63, 3.8) is 0 Å². The number of ether oxygens (including phenoxy) is 1. The van der Waals surface area contributed by atoms with Gasteiger partial charge in [-0.25, -0.2) is 0 Å². The van der Waals surface area contributed by atoms with Gasteiger partial charge in [0.05, 0.1) is 0 Å². The fourth-order valence-corrected chi connectivity index (χ4v) is 3.83. The zero-order chi connectivity index (χ0) is 22.4. The van der Waals surface area contributed by atoms with Crippen molar-refractivity contribution in [2.24, 2.45) is 0 Å². The molecule has 1 aliphatic carbocycles. The van der Waals surface area contributed by atoms with E-state index >= 15 is 0 Å². The Labute approximate surface area is 187 Å². The molecule has 5 heteroatoms. The van der Waals surface area contributed by atoms with Crippen LogP contribution < -0.4 is 0 Å². The minimum atomic E-state index is -0.658. The number of hydrogen-bond acceptors (Lipinski definition) is 4. The molecule has 1 aromatic carbocycles. The minimum absolute atomic E-state index is 0.0726. The number of hydrogen-bond donors (Lipinski definition) is 1. The molecule has 0 aliphatic heterocycles. The molecule has 31 heavy (non-hydrogen) atoms. The Bertz CT molecular complexity index is 831. The normalized spacial score (nSPS) is 15.3. The summed E-state index contributed by atoms with van der Waals surface area (Å²) in [5, 5.41) is 10.4. The number of aliphatic hydroxyl groups excluding tert-OH is 1. The molecular weight excluding hydrogens is 388 g/mol. The Balaban J connectivity index is 1.59. The monoisotopic (exact) mass is 426 g/mol. The molecule has 1 saturated carbocycles. The van der Waals surface area contributed by atoms with Crippen LogP contribution in [0.5, 0.6) is 0 Å². The van der Waals surface area contributed by atoms with Crippen molar-refractivity contribution in [2.45, 2.75) is 84.0 Å². The van der Waals surface area contributed by atoms with Crippen molar-refractivity contribution in [1.29, 1.82) is 0 Å². The highest BCUT2D eigenvalue weighted by Crippen LogP contribution is 2.29. The SMILES string of the molecule is CCCC(=O)OC[C@H](O)CN(Cc1cccn1Cc1ccc(C(C)(C)C)cc1)C1CC1. The van der Waals surface area contributed by atoms with Gasteiger partial charge in [0, 0.05) is 44.0 Å². The summed E-state index contributed by atoms with van der Waals surface area (Å²) in [4.78, 5) is 13.9. The van der Waals surface area contributed by atoms with E-state index in [1.54, 1.807) is 0 Å². The van der Waals surface area contributed by atoms with Crippen molar-refractivity contribution in [1.82, 2.24) is 9.47 Å². The highest BCUT2D eigenvalue weighted by atomic mass is 16.5. The third-order valence-electron chi connectivity index (χ3n) is 5.86. The van der Waals surface area contributed by atoms with Gasteiger partial charge in [0.2, 0.25) is 0 Å². The summed E-state index contributed by atoms with van der Waals surface area (Å²) in [5.41, 5.74) is 4.03. The number of carbonyl (C=O) groups is 1. The Hall–Kier alpha value is -2.11. The maximum absolute atomic E-state index is 11.6. The van der Waals surface area contributed by atoms with Gasteiger partial charge in [-0.15, -0.1) is 0 Å². The minimum Gasteiger partial charge on any atom is -0.463 e. The van der Waals surface area contributed by atoms with E-state index < -0.39 is 6.10 Å². The number of aliphatic hydroxyl groups is 1. The summed E-state index contributed by atoms with van der Waals surface area (Å²) in [6, 6.07) is 13.7. The number of carbonyl (C=O) groups excluding carboxylic acids is 1. The standard InChI is InChI=1S/C26H38N2O3/c1-5-7-25(30)31-19-24(29)18-28(22-13-14-22)17-23-8-6-15-27(23)16-20-9-11-21(12-10-20)26(2,3)4/h6,8-12,15,22,24,29H,5,7,13-14,16-19H2,1-4H3/t24-/m1/s1. The van der Waals surface area contributed by atoms with E-state index in [1.807, 2.05) is 6.92 Å². The van der Waals surface area contributed by atoms with E-state index in [0.29, 0.717) is 19.0 Å². The fraction of sp³-hybridized carbons (Fsp3) is 0.577. The first kappa shape index (κ1) is 23.6. The van der Waals surface area contributed by atoms with Gasteiger partial charge in [-0.05, 0) is 47.9 Å². The molecule has 0 amide bonds. The van der Waals surface area contributed by atoms with Gasteiger partial charge in [0.25, 0.3) is 0 Å². The van der Waals surface area contributed by atoms with Crippen molar-refractivity contribution in [3.05, 3.63) is 59.4 Å². The van der Waals surface area contributed by atoms with E-state index in [2.05, 4.69) is 72.8 Å². The summed E-state index contributed by atoms with van der Waals surface area (Å²) in [6.45, 7) is 10.9. The van der Waals surface area contributed by atoms with Gasteiger partial charge in [-0.3, -0.25) is 9.69 Å². The molecule has 1 aliphatic rings. The Morgan fingerprint density at radius 1 is 1.23 bits per heavy atom. The van der Waals surface area contributed by atoms with Gasteiger partial charge >= 0.3 is 5.97 Å². The molecule has 1 fully saturated rings. The van der Waals surface area contributed by atoms with Crippen LogP contribution in [0.1, 0.15) is 70.2 Å². The molecule has 3 rings (SSSR count). The summed E-state index contributed by atoms with van der Waals surface area (Å²) in [7, 11) is 0. The van der Waals surface area contributed by atoms with E-state index in [4.69, 9.17) is 4.74 Å². The second kappa shape index (κ2) is 10.5. The van der Waals surface area contributed by atoms with Crippen LogP contribution in [0.25, 0.3) is 0 Å². The molecular formula is C26H38N2O3. The Kier molecular flexibility index (Phi) is 7.95. The molecule has 2 aromatic rings. The fourth-order valence-electron chi connectivity index (χ4n) is 3.83. The largest absolute Gasteiger partial charge is 0.463 e. The molecule has 5 nitrogen and oxygen atoms in total. The molecule has 0 saturated heterocycles. The van der Waals surface area contributed by atoms with E-state index in [-0.39, 0.29) is 18.0 Å². The Morgan fingerprint density at radius 3 is 2.55 bits per heavy atom. The van der Waals surface area contributed by atoms with Crippen LogP contribution >= 0.6 is 0 Å². The summed E-state index contributed by atoms with van der Waals surface area (Å²) in [6.07, 6.45) is 4.97. The lowest BCUT2D eigenvalue weighted by molar-refractivity contribution is -0.147. The molecule has 0 radical (unpaired) electrons. The third kappa shape index (κ3) is 7.22. The first-order valence-electron chi connectivity index (χ1n) is 11.6. The predicted octanol–water partition coefficient (Wildman–Crippen LogP) is 4.50. The zero-order valence-electron chi connectivity index (χ0n) is 19.5. The van der Waals surface area contributed by atoms with E-state index in [1.165, 1.54) is 16.8 Å². The van der Waals surface area contributed by atoms with Crippen molar-refractivity contribution >= 4 is 5.97 Å². The number of aromatic nitrogens is 1. The highest BCUT2D eigenvalue weighted by molar-refractivity contribution is 5.69. The van der Waals surface area contributed by atoms with Gasteiger partial charge in [0.15, 0.2) is 0 Å². The maximum atomic E-state index is 11.6. The first-order valence-corrected chi connectivity index (χ1v) is 11.6. The van der Waals surface area contributed by atoms with E-state index in [0.717, 1.165) is 32.4 Å². The lowest BCUT2D eigenvalue weighted by Crippen LogP contribution is -2.37. The van der Waals surface area contributed by atoms with Crippen molar-refractivity contribution < 1.29 is 14.6 Å². The third-order valence-corrected chi connectivity index (χ3v) is 5.86. The smallest absolute Gasteiger partial charge is 0.305 e. The number of benzene rings is 1. The summed E-state index contributed by atoms with van der Waals surface area (Å²) in [5.74, 6) is -0.231. The van der Waals surface area contributed by atoms with Gasteiger partial charge < -0.3 is 14.4 Å². The van der Waals surface area contributed by atoms with E-state index in [9.17, 15) is 9.90 Å². The molecule has 0 unspecified atom stereocenters. The number of nitrogens with zero attached hydrogens (tertiary/aromatic N) is 2. The quantitative estimate of drug-likeness (QED) is 0.538. The molecule has 0 spiro atoms. The zero-order valence-corrected chi connectivity index (χ0v) is 19.5. The second-order valence-electron chi connectivity index (χ2n) is 9.82. The van der Waals surface area contributed by atoms with Gasteiger partial charge in [-0.2, -0.15) is 0 Å². The number of esters is 1. The van der Waals surface area contributed by atoms with Gasteiger partial charge in [0.1, 0.15) is 12.7 Å². The molecule has 0 bridgehead atoms. The first-order chi connectivity index (χ1) is 14.8. The van der Waals surface area contributed by atoms with Crippen LogP contribution in [-0.4, -0.2) is 45.8 Å². The van der Waals surface area contributed by atoms with Crippen LogP contribution in [-0.2, 0) is 28.0 Å². The highest BCUT2D eigenvalue weighted by Gasteiger charge is 2.31. The Morgan fingerprint density at radius 2 is 1.94 bits per heavy atom. The second-order valence-corrected chi connectivity index (χ2v) is 9.82. The maximum Gasteiger partial charge on any atom is 0.305 e. The molecule has 170 valence electrons. The summed E-state index contributed by atoms with van der Waals surface area (Å²) < 4.78 is 7.48. The van der Waals surface area contributed by atoms with Crippen LogP contribution in [0.3, 0.4) is 0 Å². The van der Waals surface area contributed by atoms with Gasteiger partial charge in [-0.1, -0.05) is 52.0 Å². The average Bonchev–Trinajstić information content (AvgIpc) is 3.48. The molecule has 1 aromatic heterocycles.